The predicted octanol–water partition coefficient (Wildman–Crippen LogP) is 3.50. The Morgan fingerprint density at radius 1 is 1.35 bits per heavy atom. The molecular weight excluding hydrogens is 238 g/mol. The lowest BCUT2D eigenvalue weighted by Gasteiger charge is -2.17. The van der Waals surface area contributed by atoms with Gasteiger partial charge in [-0.25, -0.2) is 0 Å². The van der Waals surface area contributed by atoms with Crippen LogP contribution in [0.5, 0.6) is 11.5 Å². The standard InChI is InChI=1S/C13H14ClNO2/c1-8(2)12-9(7-15)10(14)6-11-13(12)17-5-3-4-16-11/h6,8H,3-5H2,1-2H3. The van der Waals surface area contributed by atoms with Crippen LogP contribution in [0.25, 0.3) is 0 Å². The number of rotatable bonds is 1. The molecule has 0 radical (unpaired) electrons. The Hall–Kier alpha value is -1.40. The fourth-order valence-corrected chi connectivity index (χ4v) is 2.21. The van der Waals surface area contributed by atoms with Crippen molar-refractivity contribution in [3.8, 4) is 17.6 Å². The minimum Gasteiger partial charge on any atom is -0.489 e. The first-order valence-corrected chi connectivity index (χ1v) is 6.05. The third-order valence-electron chi connectivity index (χ3n) is 2.72. The van der Waals surface area contributed by atoms with Crippen molar-refractivity contribution in [2.45, 2.75) is 26.2 Å². The number of halogens is 1. The summed E-state index contributed by atoms with van der Waals surface area (Å²) >= 11 is 6.11. The van der Waals surface area contributed by atoms with Crippen LogP contribution in [0.2, 0.25) is 5.02 Å². The first kappa shape index (κ1) is 12.1. The van der Waals surface area contributed by atoms with E-state index in [1.807, 2.05) is 13.8 Å². The average Bonchev–Trinajstić information content (AvgIpc) is 2.51. The summed E-state index contributed by atoms with van der Waals surface area (Å²) in [6.07, 6.45) is 0.839. The maximum Gasteiger partial charge on any atom is 0.166 e. The molecule has 0 spiro atoms. The van der Waals surface area contributed by atoms with Crippen LogP contribution < -0.4 is 9.47 Å². The van der Waals surface area contributed by atoms with Gasteiger partial charge in [-0.05, 0) is 5.92 Å². The number of hydrogen-bond donors (Lipinski definition) is 0. The van der Waals surface area contributed by atoms with E-state index in [9.17, 15) is 5.26 Å². The topological polar surface area (TPSA) is 42.2 Å². The molecule has 0 amide bonds. The van der Waals surface area contributed by atoms with Crippen LogP contribution >= 0.6 is 11.6 Å². The minimum atomic E-state index is 0.166. The summed E-state index contributed by atoms with van der Waals surface area (Å²) in [5.41, 5.74) is 1.34. The Kier molecular flexibility index (Phi) is 3.44. The zero-order valence-corrected chi connectivity index (χ0v) is 10.7. The molecule has 0 fully saturated rings. The maximum absolute atomic E-state index is 9.19. The third-order valence-corrected chi connectivity index (χ3v) is 3.01. The van der Waals surface area contributed by atoms with Crippen molar-refractivity contribution >= 4 is 11.6 Å². The van der Waals surface area contributed by atoms with Crippen LogP contribution in [0.15, 0.2) is 6.07 Å². The van der Waals surface area contributed by atoms with Gasteiger partial charge < -0.3 is 9.47 Å². The van der Waals surface area contributed by atoms with Crippen molar-refractivity contribution in [3.05, 3.63) is 22.2 Å². The summed E-state index contributed by atoms with van der Waals surface area (Å²) in [5.74, 6) is 1.49. The van der Waals surface area contributed by atoms with Crippen LogP contribution in [0.1, 0.15) is 37.3 Å². The lowest BCUT2D eigenvalue weighted by Crippen LogP contribution is -2.02. The van der Waals surface area contributed by atoms with Crippen molar-refractivity contribution < 1.29 is 9.47 Å². The van der Waals surface area contributed by atoms with E-state index in [1.165, 1.54) is 0 Å². The van der Waals surface area contributed by atoms with Crippen LogP contribution in [0.3, 0.4) is 0 Å². The lowest BCUT2D eigenvalue weighted by atomic mass is 9.96. The van der Waals surface area contributed by atoms with E-state index in [2.05, 4.69) is 6.07 Å². The Balaban J connectivity index is 2.67. The van der Waals surface area contributed by atoms with Crippen molar-refractivity contribution in [1.29, 1.82) is 5.26 Å². The molecule has 0 atom stereocenters. The number of benzene rings is 1. The zero-order chi connectivity index (χ0) is 12.4. The zero-order valence-electron chi connectivity index (χ0n) is 9.92. The Labute approximate surface area is 106 Å². The maximum atomic E-state index is 9.19. The molecule has 90 valence electrons. The number of hydrogen-bond acceptors (Lipinski definition) is 3. The van der Waals surface area contributed by atoms with Gasteiger partial charge in [-0.2, -0.15) is 5.26 Å². The number of nitriles is 1. The van der Waals surface area contributed by atoms with E-state index in [0.29, 0.717) is 35.3 Å². The van der Waals surface area contributed by atoms with E-state index in [1.54, 1.807) is 6.07 Å². The van der Waals surface area contributed by atoms with Gasteiger partial charge >= 0.3 is 0 Å². The van der Waals surface area contributed by atoms with Crippen LogP contribution in [-0.4, -0.2) is 13.2 Å². The van der Waals surface area contributed by atoms with Crippen molar-refractivity contribution in [2.24, 2.45) is 0 Å². The van der Waals surface area contributed by atoms with Gasteiger partial charge in [0.05, 0.1) is 23.8 Å². The summed E-state index contributed by atoms with van der Waals surface area (Å²) in [6, 6.07) is 3.82. The average molecular weight is 252 g/mol. The Bertz CT molecular complexity index is 477. The number of ether oxygens (including phenoxy) is 2. The third kappa shape index (κ3) is 2.18. The molecular formula is C13H14ClNO2. The number of fused-ring (bicyclic) bond motifs is 1. The molecule has 2 rings (SSSR count). The van der Waals surface area contributed by atoms with Crippen LogP contribution in [0.4, 0.5) is 0 Å². The highest BCUT2D eigenvalue weighted by molar-refractivity contribution is 6.32. The second kappa shape index (κ2) is 4.85. The first-order valence-electron chi connectivity index (χ1n) is 5.67. The molecule has 1 aromatic carbocycles. The van der Waals surface area contributed by atoms with Gasteiger partial charge in [-0.3, -0.25) is 0 Å². The summed E-state index contributed by atoms with van der Waals surface area (Å²) < 4.78 is 11.3. The van der Waals surface area contributed by atoms with Crippen molar-refractivity contribution in [3.63, 3.8) is 0 Å². The molecule has 1 aliphatic rings. The van der Waals surface area contributed by atoms with E-state index in [0.717, 1.165) is 12.0 Å². The Morgan fingerprint density at radius 2 is 2.06 bits per heavy atom. The largest absolute Gasteiger partial charge is 0.489 e. The highest BCUT2D eigenvalue weighted by Crippen LogP contribution is 2.42. The van der Waals surface area contributed by atoms with E-state index < -0.39 is 0 Å². The van der Waals surface area contributed by atoms with E-state index in [4.69, 9.17) is 21.1 Å². The highest BCUT2D eigenvalue weighted by Gasteiger charge is 2.23. The molecule has 1 aliphatic heterocycles. The van der Waals surface area contributed by atoms with Gasteiger partial charge in [0.15, 0.2) is 11.5 Å². The summed E-state index contributed by atoms with van der Waals surface area (Å²) in [7, 11) is 0. The molecule has 0 saturated heterocycles. The molecule has 4 heteroatoms. The molecule has 17 heavy (non-hydrogen) atoms. The molecule has 0 N–H and O–H groups in total. The van der Waals surface area contributed by atoms with Gasteiger partial charge in [0.2, 0.25) is 0 Å². The van der Waals surface area contributed by atoms with Crippen LogP contribution in [-0.2, 0) is 0 Å². The van der Waals surface area contributed by atoms with E-state index >= 15 is 0 Å². The normalized spacial score (nSPS) is 14.3. The molecule has 0 saturated carbocycles. The summed E-state index contributed by atoms with van der Waals surface area (Å²) in [6.45, 7) is 5.26. The second-order valence-corrected chi connectivity index (χ2v) is 4.70. The van der Waals surface area contributed by atoms with Gasteiger partial charge in [0, 0.05) is 18.1 Å². The van der Waals surface area contributed by atoms with Gasteiger partial charge in [-0.1, -0.05) is 25.4 Å². The smallest absolute Gasteiger partial charge is 0.166 e. The SMILES string of the molecule is CC(C)c1c(C#N)c(Cl)cc2c1OCCCO2. The fraction of sp³-hybridized carbons (Fsp3) is 0.462. The predicted molar refractivity (Wildman–Crippen MR) is 65.9 cm³/mol. The minimum absolute atomic E-state index is 0.166. The Morgan fingerprint density at radius 3 is 2.71 bits per heavy atom. The molecule has 1 heterocycles. The van der Waals surface area contributed by atoms with Crippen LogP contribution in [0, 0.1) is 11.3 Å². The van der Waals surface area contributed by atoms with Crippen molar-refractivity contribution in [2.75, 3.05) is 13.2 Å². The first-order chi connectivity index (χ1) is 8.15. The number of nitrogens with zero attached hydrogens (tertiary/aromatic N) is 1. The molecule has 0 aromatic heterocycles. The van der Waals surface area contributed by atoms with Gasteiger partial charge in [-0.15, -0.1) is 0 Å². The molecule has 0 unspecified atom stereocenters. The van der Waals surface area contributed by atoms with Gasteiger partial charge in [0.25, 0.3) is 0 Å². The fourth-order valence-electron chi connectivity index (χ4n) is 1.96. The van der Waals surface area contributed by atoms with E-state index in [-0.39, 0.29) is 5.92 Å². The highest BCUT2D eigenvalue weighted by atomic mass is 35.5. The molecule has 0 aliphatic carbocycles. The quantitative estimate of drug-likeness (QED) is 0.767. The molecule has 1 aromatic rings. The second-order valence-electron chi connectivity index (χ2n) is 4.29. The molecule has 0 bridgehead atoms. The van der Waals surface area contributed by atoms with Gasteiger partial charge in [0.1, 0.15) is 6.07 Å². The monoisotopic (exact) mass is 251 g/mol. The van der Waals surface area contributed by atoms with Crippen molar-refractivity contribution in [1.82, 2.24) is 0 Å². The lowest BCUT2D eigenvalue weighted by molar-refractivity contribution is 0.296. The molecule has 3 nitrogen and oxygen atoms in total. The summed E-state index contributed by atoms with van der Waals surface area (Å²) in [5, 5.41) is 9.62. The summed E-state index contributed by atoms with van der Waals surface area (Å²) in [4.78, 5) is 0.